The number of nitrogens with zero attached hydrogens (tertiary/aromatic N) is 1. The molecular formula is C25H28N6O3S. The van der Waals surface area contributed by atoms with E-state index in [1.165, 1.54) is 6.92 Å². The van der Waals surface area contributed by atoms with Crippen molar-refractivity contribution in [2.24, 2.45) is 0 Å². The number of benzene rings is 2. The maximum Gasteiger partial charge on any atom is 0.251 e. The Morgan fingerprint density at radius 2 is 1.89 bits per heavy atom. The van der Waals surface area contributed by atoms with E-state index in [1.807, 2.05) is 6.92 Å². The van der Waals surface area contributed by atoms with Gasteiger partial charge in [-0.05, 0) is 62.7 Å². The Hall–Kier alpha value is -3.76. The summed E-state index contributed by atoms with van der Waals surface area (Å²) in [6.07, 6.45) is 2.19. The van der Waals surface area contributed by atoms with Gasteiger partial charge in [-0.25, -0.2) is 4.98 Å². The molecule has 1 saturated heterocycles. The fraction of sp³-hybridized carbons (Fsp3) is 0.280. The van der Waals surface area contributed by atoms with Gasteiger partial charge in [-0.15, -0.1) is 0 Å². The first kappa shape index (κ1) is 24.4. The molecule has 0 bridgehead atoms. The number of aromatic nitrogens is 1. The Bertz CT molecular complexity index is 1230. The molecule has 2 amide bonds. The van der Waals surface area contributed by atoms with E-state index >= 15 is 0 Å². The van der Waals surface area contributed by atoms with Crippen LogP contribution in [0.25, 0.3) is 0 Å². The van der Waals surface area contributed by atoms with Crippen LogP contribution in [0.15, 0.2) is 48.5 Å². The van der Waals surface area contributed by atoms with Gasteiger partial charge >= 0.3 is 0 Å². The molecular weight excluding hydrogens is 464 g/mol. The van der Waals surface area contributed by atoms with Crippen molar-refractivity contribution in [3.05, 3.63) is 64.5 Å². The quantitative estimate of drug-likeness (QED) is 0.303. The number of amides is 2. The molecule has 182 valence electrons. The largest absolute Gasteiger partial charge is 0.382 e. The number of nitrogens with one attached hydrogen (secondary N) is 4. The molecule has 2 atom stereocenters. The molecule has 1 fully saturated rings. The van der Waals surface area contributed by atoms with E-state index in [4.69, 9.17) is 5.73 Å². The van der Waals surface area contributed by atoms with Gasteiger partial charge in [0.25, 0.3) is 5.91 Å². The topological polar surface area (TPSA) is 138 Å². The number of hydrogen-bond acceptors (Lipinski definition) is 8. The minimum atomic E-state index is -0.324. The number of carbonyl (C=O) groups is 3. The Morgan fingerprint density at radius 3 is 2.57 bits per heavy atom. The second-order valence-corrected chi connectivity index (χ2v) is 9.46. The van der Waals surface area contributed by atoms with Crippen LogP contribution in [-0.2, 0) is 4.79 Å². The smallest absolute Gasteiger partial charge is 0.251 e. The van der Waals surface area contributed by atoms with Crippen LogP contribution in [0.1, 0.15) is 52.3 Å². The lowest BCUT2D eigenvalue weighted by atomic mass is 10.1. The van der Waals surface area contributed by atoms with Crippen LogP contribution in [0, 0.1) is 0 Å². The maximum atomic E-state index is 13.1. The van der Waals surface area contributed by atoms with Gasteiger partial charge in [-0.1, -0.05) is 23.5 Å². The molecule has 9 nitrogen and oxygen atoms in total. The van der Waals surface area contributed by atoms with E-state index in [9.17, 15) is 14.4 Å². The van der Waals surface area contributed by atoms with Crippen molar-refractivity contribution >= 4 is 51.3 Å². The van der Waals surface area contributed by atoms with Gasteiger partial charge < -0.3 is 27.0 Å². The molecule has 1 aliphatic rings. The van der Waals surface area contributed by atoms with E-state index < -0.39 is 0 Å². The van der Waals surface area contributed by atoms with E-state index in [0.29, 0.717) is 33.7 Å². The second kappa shape index (κ2) is 10.7. The van der Waals surface area contributed by atoms with Crippen molar-refractivity contribution < 1.29 is 14.4 Å². The average molecular weight is 493 g/mol. The summed E-state index contributed by atoms with van der Waals surface area (Å²) in [5.74, 6) is -0.616. The first-order chi connectivity index (χ1) is 16.8. The number of nitrogens with two attached hydrogens (primary N) is 1. The fourth-order valence-electron chi connectivity index (χ4n) is 4.01. The van der Waals surface area contributed by atoms with Crippen molar-refractivity contribution in [1.82, 2.24) is 15.6 Å². The summed E-state index contributed by atoms with van der Waals surface area (Å²) in [5, 5.41) is 12.7. The van der Waals surface area contributed by atoms with Crippen LogP contribution in [0.4, 0.5) is 22.3 Å². The van der Waals surface area contributed by atoms with Crippen LogP contribution >= 0.6 is 11.3 Å². The summed E-state index contributed by atoms with van der Waals surface area (Å²) in [5.41, 5.74) is 8.06. The third-order valence-corrected chi connectivity index (χ3v) is 6.79. The highest BCUT2D eigenvalue weighted by Gasteiger charge is 2.23. The first-order valence-electron chi connectivity index (χ1n) is 11.4. The normalized spacial score (nSPS) is 15.9. The molecule has 4 rings (SSSR count). The zero-order chi connectivity index (χ0) is 24.9. The first-order valence-corrected chi connectivity index (χ1v) is 12.2. The third-order valence-electron chi connectivity index (χ3n) is 5.80. The van der Waals surface area contributed by atoms with Gasteiger partial charge in [-0.3, -0.25) is 14.4 Å². The van der Waals surface area contributed by atoms with Crippen molar-refractivity contribution in [2.75, 3.05) is 22.9 Å². The molecule has 0 spiro atoms. The molecule has 2 heterocycles. The Balaban J connectivity index is 1.43. The summed E-state index contributed by atoms with van der Waals surface area (Å²) in [4.78, 5) is 41.7. The predicted molar refractivity (Wildman–Crippen MR) is 138 cm³/mol. The van der Waals surface area contributed by atoms with Gasteiger partial charge in [0.05, 0.1) is 5.69 Å². The van der Waals surface area contributed by atoms with Gasteiger partial charge in [0.1, 0.15) is 10.7 Å². The van der Waals surface area contributed by atoms with Gasteiger partial charge in [0, 0.05) is 35.8 Å². The molecule has 10 heteroatoms. The zero-order valence-electron chi connectivity index (χ0n) is 19.6. The zero-order valence-corrected chi connectivity index (χ0v) is 20.4. The van der Waals surface area contributed by atoms with Crippen LogP contribution < -0.4 is 27.0 Å². The number of para-hydroxylation sites is 1. The van der Waals surface area contributed by atoms with E-state index in [0.717, 1.165) is 30.7 Å². The molecule has 1 aromatic heterocycles. The predicted octanol–water partition coefficient (Wildman–Crippen LogP) is 3.53. The lowest BCUT2D eigenvalue weighted by molar-refractivity contribution is -0.114. The Labute approximate surface area is 207 Å². The van der Waals surface area contributed by atoms with Crippen molar-refractivity contribution in [3.63, 3.8) is 0 Å². The minimum absolute atomic E-state index is 0.0489. The molecule has 1 aliphatic heterocycles. The number of nitrogen functional groups attached to an aromatic ring is 1. The molecule has 35 heavy (non-hydrogen) atoms. The molecule has 2 aromatic carbocycles. The monoisotopic (exact) mass is 492 g/mol. The minimum Gasteiger partial charge on any atom is -0.382 e. The second-order valence-electron chi connectivity index (χ2n) is 8.46. The summed E-state index contributed by atoms with van der Waals surface area (Å²) in [6, 6.07) is 14.1. The lowest BCUT2D eigenvalue weighted by Crippen LogP contribution is -2.45. The highest BCUT2D eigenvalue weighted by Crippen LogP contribution is 2.31. The summed E-state index contributed by atoms with van der Waals surface area (Å²) >= 11 is 1.12. The lowest BCUT2D eigenvalue weighted by Gasteiger charge is -2.20. The number of ketones is 1. The molecule has 0 saturated carbocycles. The van der Waals surface area contributed by atoms with Gasteiger partial charge in [0.15, 0.2) is 5.13 Å². The van der Waals surface area contributed by atoms with Crippen LogP contribution in [-0.4, -0.2) is 41.2 Å². The molecule has 0 aliphatic carbocycles. The highest BCUT2D eigenvalue weighted by atomic mass is 32.1. The number of rotatable bonds is 8. The van der Waals surface area contributed by atoms with Crippen LogP contribution in [0.3, 0.4) is 0 Å². The van der Waals surface area contributed by atoms with E-state index in [-0.39, 0.29) is 34.3 Å². The van der Waals surface area contributed by atoms with Crippen molar-refractivity contribution in [3.8, 4) is 0 Å². The summed E-state index contributed by atoms with van der Waals surface area (Å²) in [7, 11) is 0. The number of anilines is 4. The average Bonchev–Trinajstić information content (AvgIpc) is 3.49. The van der Waals surface area contributed by atoms with E-state index in [2.05, 4.69) is 26.3 Å². The summed E-state index contributed by atoms with van der Waals surface area (Å²) in [6.45, 7) is 4.38. The summed E-state index contributed by atoms with van der Waals surface area (Å²) < 4.78 is 0. The third kappa shape index (κ3) is 5.84. The Kier molecular flexibility index (Phi) is 7.42. The highest BCUT2D eigenvalue weighted by molar-refractivity contribution is 7.18. The standard InChI is InChI=1S/C25H28N6O3S/c1-14(19-8-5-13-27-19)28-24(34)16-9-11-17(12-10-16)30-25-31-23(26)22(35-25)21(33)18-6-3-4-7-20(18)29-15(2)32/h3-4,6-7,9-12,14,19,27H,5,8,13,26H2,1-2H3,(H,28,34)(H,29,32)(H,30,31)/t14?,19-/m0/s1. The van der Waals surface area contributed by atoms with Gasteiger partial charge in [-0.2, -0.15) is 0 Å². The van der Waals surface area contributed by atoms with Crippen LogP contribution in [0.5, 0.6) is 0 Å². The number of thiazole rings is 1. The number of carbonyl (C=O) groups excluding carboxylic acids is 3. The molecule has 6 N–H and O–H groups in total. The van der Waals surface area contributed by atoms with Crippen LogP contribution in [0.2, 0.25) is 0 Å². The fourth-order valence-corrected chi connectivity index (χ4v) is 4.87. The SMILES string of the molecule is CC(=O)Nc1ccccc1C(=O)c1sc(Nc2ccc(C(=O)NC(C)[C@@H]3CCCN3)cc2)nc1N. The maximum absolute atomic E-state index is 13.1. The molecule has 3 aromatic rings. The molecule has 1 unspecified atom stereocenters. The van der Waals surface area contributed by atoms with Crippen molar-refractivity contribution in [1.29, 1.82) is 0 Å². The molecule has 0 radical (unpaired) electrons. The van der Waals surface area contributed by atoms with E-state index in [1.54, 1.807) is 48.5 Å². The number of hydrogen-bond donors (Lipinski definition) is 5. The van der Waals surface area contributed by atoms with Crippen molar-refractivity contribution in [2.45, 2.75) is 38.8 Å². The van der Waals surface area contributed by atoms with Gasteiger partial charge in [0.2, 0.25) is 11.7 Å². The Morgan fingerprint density at radius 1 is 1.14 bits per heavy atom.